The van der Waals surface area contributed by atoms with Crippen LogP contribution < -0.4 is 5.32 Å². The Labute approximate surface area is 162 Å². The van der Waals surface area contributed by atoms with Gasteiger partial charge in [0.15, 0.2) is 0 Å². The Morgan fingerprint density at radius 1 is 0.926 bits per heavy atom. The first-order chi connectivity index (χ1) is 13.2. The van der Waals surface area contributed by atoms with E-state index in [1.165, 1.54) is 21.6 Å². The SMILES string of the molecule is CCc1ccc(-c2c(CC)sc3ncnc(Nc4ccc(O)cc4)c23)cc1. The molecular weight excluding hydrogens is 354 g/mol. The average Bonchev–Trinajstić information content (AvgIpc) is 3.09. The molecule has 0 saturated carbocycles. The fraction of sp³-hybridized carbons (Fsp3) is 0.182. The number of aromatic hydroxyl groups is 1. The van der Waals surface area contributed by atoms with Crippen molar-refractivity contribution < 1.29 is 5.11 Å². The molecule has 2 heterocycles. The van der Waals surface area contributed by atoms with Crippen LogP contribution >= 0.6 is 11.3 Å². The third-order valence-electron chi connectivity index (χ3n) is 4.66. The number of hydrogen-bond donors (Lipinski definition) is 2. The molecule has 4 aromatic rings. The van der Waals surface area contributed by atoms with Crippen molar-refractivity contribution in [1.82, 2.24) is 9.97 Å². The highest BCUT2D eigenvalue weighted by molar-refractivity contribution is 7.19. The molecule has 136 valence electrons. The standard InChI is InChI=1S/C22H21N3OS/c1-3-14-5-7-15(8-6-14)19-18(4-2)27-22-20(19)21(23-13-24-22)25-16-9-11-17(26)12-10-16/h5-13,26H,3-4H2,1-2H3,(H,23,24,25). The quantitative estimate of drug-likeness (QED) is 0.424. The van der Waals surface area contributed by atoms with Crippen LogP contribution in [0.15, 0.2) is 54.9 Å². The lowest BCUT2D eigenvalue weighted by molar-refractivity contribution is 0.475. The lowest BCUT2D eigenvalue weighted by Crippen LogP contribution is -1.95. The van der Waals surface area contributed by atoms with Crippen LogP contribution in [0.3, 0.4) is 0 Å². The van der Waals surface area contributed by atoms with Gasteiger partial charge in [-0.3, -0.25) is 0 Å². The molecule has 2 aromatic carbocycles. The summed E-state index contributed by atoms with van der Waals surface area (Å²) in [5.74, 6) is 1.03. The summed E-state index contributed by atoms with van der Waals surface area (Å²) in [6.07, 6.45) is 3.58. The third kappa shape index (κ3) is 3.38. The predicted molar refractivity (Wildman–Crippen MR) is 113 cm³/mol. The maximum Gasteiger partial charge on any atom is 0.143 e. The molecule has 0 aliphatic carbocycles. The Morgan fingerprint density at radius 3 is 2.33 bits per heavy atom. The maximum absolute atomic E-state index is 9.51. The highest BCUT2D eigenvalue weighted by Crippen LogP contribution is 2.41. The molecule has 2 N–H and O–H groups in total. The molecule has 0 fully saturated rings. The van der Waals surface area contributed by atoms with Crippen LogP contribution in [0.1, 0.15) is 24.3 Å². The number of nitrogens with zero attached hydrogens (tertiary/aromatic N) is 2. The van der Waals surface area contributed by atoms with Crippen LogP contribution in [0.2, 0.25) is 0 Å². The van der Waals surface area contributed by atoms with Gasteiger partial charge in [-0.15, -0.1) is 11.3 Å². The third-order valence-corrected chi connectivity index (χ3v) is 5.91. The van der Waals surface area contributed by atoms with Crippen molar-refractivity contribution in [2.45, 2.75) is 26.7 Å². The van der Waals surface area contributed by atoms with Crippen LogP contribution in [0.25, 0.3) is 21.3 Å². The topological polar surface area (TPSA) is 58.0 Å². The molecular formula is C22H21N3OS. The Kier molecular flexibility index (Phi) is 4.77. The zero-order valence-corrected chi connectivity index (χ0v) is 16.2. The molecule has 0 amide bonds. The average molecular weight is 375 g/mol. The lowest BCUT2D eigenvalue weighted by Gasteiger charge is -2.10. The second-order valence-corrected chi connectivity index (χ2v) is 7.46. The van der Waals surface area contributed by atoms with E-state index in [9.17, 15) is 5.11 Å². The van der Waals surface area contributed by atoms with E-state index < -0.39 is 0 Å². The van der Waals surface area contributed by atoms with Crippen molar-refractivity contribution >= 4 is 33.1 Å². The number of hydrogen-bond acceptors (Lipinski definition) is 5. The summed E-state index contributed by atoms with van der Waals surface area (Å²) in [6, 6.07) is 15.8. The second-order valence-electron chi connectivity index (χ2n) is 6.38. The zero-order chi connectivity index (χ0) is 18.8. The number of nitrogens with one attached hydrogen (secondary N) is 1. The highest BCUT2D eigenvalue weighted by Gasteiger charge is 2.18. The lowest BCUT2D eigenvalue weighted by atomic mass is 10.00. The molecule has 2 aromatic heterocycles. The van der Waals surface area contributed by atoms with Crippen LogP contribution in [-0.2, 0) is 12.8 Å². The van der Waals surface area contributed by atoms with Crippen LogP contribution in [-0.4, -0.2) is 15.1 Å². The van der Waals surface area contributed by atoms with Crippen LogP contribution in [0.5, 0.6) is 5.75 Å². The van der Waals surface area contributed by atoms with Gasteiger partial charge in [-0.2, -0.15) is 0 Å². The number of aryl methyl sites for hydroxylation is 2. The Morgan fingerprint density at radius 2 is 1.67 bits per heavy atom. The minimum Gasteiger partial charge on any atom is -0.508 e. The number of rotatable bonds is 5. The number of benzene rings is 2. The molecule has 5 heteroatoms. The summed E-state index contributed by atoms with van der Waals surface area (Å²) in [6.45, 7) is 4.34. The molecule has 0 bridgehead atoms. The molecule has 0 aliphatic rings. The van der Waals surface area contributed by atoms with Crippen molar-refractivity contribution in [2.24, 2.45) is 0 Å². The summed E-state index contributed by atoms with van der Waals surface area (Å²) in [5.41, 5.74) is 4.61. The van der Waals surface area contributed by atoms with Gasteiger partial charge in [0.05, 0.1) is 5.39 Å². The van der Waals surface area contributed by atoms with Crippen molar-refractivity contribution in [3.63, 3.8) is 0 Å². The van der Waals surface area contributed by atoms with Gasteiger partial charge in [-0.25, -0.2) is 9.97 Å². The smallest absolute Gasteiger partial charge is 0.143 e. The predicted octanol–water partition coefficient (Wildman–Crippen LogP) is 5.93. The van der Waals surface area contributed by atoms with E-state index in [0.717, 1.165) is 34.6 Å². The number of phenolic OH excluding ortho intramolecular Hbond substituents is 1. The summed E-state index contributed by atoms with van der Waals surface area (Å²) >= 11 is 1.72. The fourth-order valence-electron chi connectivity index (χ4n) is 3.22. The number of anilines is 2. The first-order valence-electron chi connectivity index (χ1n) is 9.11. The number of aromatic nitrogens is 2. The summed E-state index contributed by atoms with van der Waals surface area (Å²) in [7, 11) is 0. The van der Waals surface area contributed by atoms with E-state index in [1.807, 2.05) is 12.1 Å². The van der Waals surface area contributed by atoms with Crippen molar-refractivity contribution in [3.05, 3.63) is 65.3 Å². The molecule has 4 nitrogen and oxygen atoms in total. The van der Waals surface area contributed by atoms with Crippen molar-refractivity contribution in [3.8, 4) is 16.9 Å². The molecule has 4 rings (SSSR count). The first-order valence-corrected chi connectivity index (χ1v) is 9.93. The number of fused-ring (bicyclic) bond motifs is 1. The molecule has 0 spiro atoms. The number of phenols is 1. The molecule has 27 heavy (non-hydrogen) atoms. The van der Waals surface area contributed by atoms with Gasteiger partial charge in [-0.1, -0.05) is 38.1 Å². The van der Waals surface area contributed by atoms with E-state index >= 15 is 0 Å². The van der Waals surface area contributed by atoms with Gasteiger partial charge in [0.2, 0.25) is 0 Å². The van der Waals surface area contributed by atoms with E-state index in [4.69, 9.17) is 0 Å². The van der Waals surface area contributed by atoms with E-state index in [2.05, 4.69) is 53.4 Å². The second kappa shape index (κ2) is 7.37. The van der Waals surface area contributed by atoms with E-state index in [1.54, 1.807) is 29.8 Å². The first kappa shape index (κ1) is 17.5. The summed E-state index contributed by atoms with van der Waals surface area (Å²) < 4.78 is 0. The normalized spacial score (nSPS) is 11.0. The molecule has 0 radical (unpaired) electrons. The van der Waals surface area contributed by atoms with Crippen molar-refractivity contribution in [1.29, 1.82) is 0 Å². The minimum atomic E-state index is 0.244. The van der Waals surface area contributed by atoms with Crippen LogP contribution in [0, 0.1) is 0 Å². The largest absolute Gasteiger partial charge is 0.508 e. The van der Waals surface area contributed by atoms with Gasteiger partial charge < -0.3 is 10.4 Å². The minimum absolute atomic E-state index is 0.244. The van der Waals surface area contributed by atoms with Gasteiger partial charge in [0.1, 0.15) is 22.7 Å². The highest BCUT2D eigenvalue weighted by atomic mass is 32.1. The zero-order valence-electron chi connectivity index (χ0n) is 15.4. The Balaban J connectivity index is 1.87. The number of thiophene rings is 1. The Hall–Kier alpha value is -2.92. The molecule has 0 unspecified atom stereocenters. The maximum atomic E-state index is 9.51. The molecule has 0 atom stereocenters. The van der Waals surface area contributed by atoms with E-state index in [-0.39, 0.29) is 5.75 Å². The monoisotopic (exact) mass is 375 g/mol. The summed E-state index contributed by atoms with van der Waals surface area (Å²) in [5, 5.41) is 14.0. The van der Waals surface area contributed by atoms with Gasteiger partial charge in [0, 0.05) is 16.1 Å². The van der Waals surface area contributed by atoms with Crippen molar-refractivity contribution in [2.75, 3.05) is 5.32 Å². The van der Waals surface area contributed by atoms with Gasteiger partial charge in [-0.05, 0) is 48.2 Å². The van der Waals surface area contributed by atoms with Crippen LogP contribution in [0.4, 0.5) is 11.5 Å². The molecule has 0 aliphatic heterocycles. The Bertz CT molecular complexity index is 1070. The molecule has 0 saturated heterocycles. The summed E-state index contributed by atoms with van der Waals surface area (Å²) in [4.78, 5) is 11.3. The fourth-order valence-corrected chi connectivity index (χ4v) is 4.32. The van der Waals surface area contributed by atoms with E-state index in [0.29, 0.717) is 0 Å². The van der Waals surface area contributed by atoms with Gasteiger partial charge in [0.25, 0.3) is 0 Å². The van der Waals surface area contributed by atoms with Gasteiger partial charge >= 0.3 is 0 Å².